The van der Waals surface area contributed by atoms with E-state index in [9.17, 15) is 19.5 Å². The van der Waals surface area contributed by atoms with E-state index < -0.39 is 54.0 Å². The average molecular weight is 397 g/mol. The molecule has 6 atom stereocenters. The highest BCUT2D eigenvalue weighted by Gasteiger charge is 2.65. The van der Waals surface area contributed by atoms with Gasteiger partial charge in [0.25, 0.3) is 0 Å². The maximum Gasteiger partial charge on any atom is 0.321 e. The Kier molecular flexibility index (Phi) is 5.98. The standard InChI is InChI=1S/C18H21ClN2O6/c1-20-17(24)11-12(18(25)21-8-9-5-3-2-4-6-9)15-16(26-10(22)7-19)13(23)14(11)27-15/h2-6,11-16,23H,7-8H2,1H3,(H,20,24)(H,21,25)/t11?,12?,13-,14+,15?,16?/m1/s1. The first kappa shape index (κ1) is 19.6. The molecule has 146 valence electrons. The van der Waals surface area contributed by atoms with Crippen molar-refractivity contribution in [2.24, 2.45) is 11.8 Å². The molecule has 4 unspecified atom stereocenters. The Morgan fingerprint density at radius 3 is 2.44 bits per heavy atom. The van der Waals surface area contributed by atoms with Gasteiger partial charge in [-0.3, -0.25) is 14.4 Å². The van der Waals surface area contributed by atoms with Crippen molar-refractivity contribution < 1.29 is 29.0 Å². The number of rotatable bonds is 6. The number of aliphatic hydroxyl groups is 1. The number of nitrogens with one attached hydrogen (secondary N) is 2. The molecule has 0 radical (unpaired) electrons. The zero-order valence-electron chi connectivity index (χ0n) is 14.6. The highest BCUT2D eigenvalue weighted by Crippen LogP contribution is 2.45. The molecule has 1 aromatic carbocycles. The van der Waals surface area contributed by atoms with E-state index in [4.69, 9.17) is 21.1 Å². The fraction of sp³-hybridized carbons (Fsp3) is 0.500. The van der Waals surface area contributed by atoms with Crippen LogP contribution in [0, 0.1) is 11.8 Å². The molecule has 0 aromatic heterocycles. The van der Waals surface area contributed by atoms with Crippen LogP contribution in [0.5, 0.6) is 0 Å². The Labute approximate surface area is 161 Å². The van der Waals surface area contributed by atoms with E-state index in [1.807, 2.05) is 30.3 Å². The Hall–Kier alpha value is -2.16. The van der Waals surface area contributed by atoms with E-state index in [-0.39, 0.29) is 12.4 Å². The van der Waals surface area contributed by atoms with Gasteiger partial charge in [-0.1, -0.05) is 30.3 Å². The first-order valence-corrected chi connectivity index (χ1v) is 9.13. The van der Waals surface area contributed by atoms with Gasteiger partial charge in [0, 0.05) is 13.6 Å². The highest BCUT2D eigenvalue weighted by atomic mass is 35.5. The molecule has 2 bridgehead atoms. The van der Waals surface area contributed by atoms with Crippen molar-refractivity contribution in [3.63, 3.8) is 0 Å². The molecule has 2 aliphatic heterocycles. The fourth-order valence-electron chi connectivity index (χ4n) is 3.73. The summed E-state index contributed by atoms with van der Waals surface area (Å²) in [5, 5.41) is 15.7. The van der Waals surface area contributed by atoms with Crippen molar-refractivity contribution in [2.75, 3.05) is 12.9 Å². The molecular formula is C18H21ClN2O6. The van der Waals surface area contributed by atoms with Crippen LogP contribution >= 0.6 is 11.6 Å². The highest BCUT2D eigenvalue weighted by molar-refractivity contribution is 6.26. The van der Waals surface area contributed by atoms with Crippen molar-refractivity contribution >= 4 is 29.4 Å². The Balaban J connectivity index is 1.77. The first-order valence-electron chi connectivity index (χ1n) is 8.60. The summed E-state index contributed by atoms with van der Waals surface area (Å²) in [6, 6.07) is 9.31. The quantitative estimate of drug-likeness (QED) is 0.444. The average Bonchev–Trinajstić information content (AvgIpc) is 3.22. The van der Waals surface area contributed by atoms with Gasteiger partial charge in [-0.2, -0.15) is 0 Å². The van der Waals surface area contributed by atoms with Crippen LogP contribution in [0.2, 0.25) is 0 Å². The van der Waals surface area contributed by atoms with Crippen LogP contribution in [-0.2, 0) is 30.4 Å². The van der Waals surface area contributed by atoms with Gasteiger partial charge in [-0.25, -0.2) is 0 Å². The van der Waals surface area contributed by atoms with Crippen molar-refractivity contribution in [1.29, 1.82) is 0 Å². The van der Waals surface area contributed by atoms with Crippen LogP contribution in [0.15, 0.2) is 30.3 Å². The molecule has 2 saturated heterocycles. The lowest BCUT2D eigenvalue weighted by Gasteiger charge is -2.33. The van der Waals surface area contributed by atoms with Crippen molar-refractivity contribution in [1.82, 2.24) is 10.6 Å². The third-order valence-electron chi connectivity index (χ3n) is 4.94. The number of fused-ring (bicyclic) bond motifs is 2. The van der Waals surface area contributed by atoms with Crippen LogP contribution in [-0.4, -0.2) is 60.2 Å². The minimum absolute atomic E-state index is 0.280. The predicted octanol–water partition coefficient (Wildman–Crippen LogP) is -0.426. The van der Waals surface area contributed by atoms with E-state index >= 15 is 0 Å². The molecule has 3 rings (SSSR count). The summed E-state index contributed by atoms with van der Waals surface area (Å²) in [6.07, 6.45) is -4.11. The molecule has 3 N–H and O–H groups in total. The number of aliphatic hydroxyl groups excluding tert-OH is 1. The van der Waals surface area contributed by atoms with E-state index in [0.717, 1.165) is 5.56 Å². The number of hydrogen-bond acceptors (Lipinski definition) is 6. The van der Waals surface area contributed by atoms with Gasteiger partial charge in [-0.05, 0) is 5.56 Å². The molecule has 0 saturated carbocycles. The van der Waals surface area contributed by atoms with Gasteiger partial charge in [0.15, 0.2) is 6.10 Å². The molecule has 2 heterocycles. The monoisotopic (exact) mass is 396 g/mol. The lowest BCUT2D eigenvalue weighted by molar-refractivity contribution is -0.159. The van der Waals surface area contributed by atoms with Crippen LogP contribution < -0.4 is 10.6 Å². The Morgan fingerprint density at radius 2 is 1.81 bits per heavy atom. The Morgan fingerprint density at radius 1 is 1.15 bits per heavy atom. The van der Waals surface area contributed by atoms with E-state index in [2.05, 4.69) is 10.6 Å². The SMILES string of the molecule is CNC(=O)C1C(C(=O)NCc2ccccc2)C2O[C@@H]1[C@@H](O)C2OC(=O)CCl. The number of alkyl halides is 1. The lowest BCUT2D eigenvalue weighted by Crippen LogP contribution is -2.56. The lowest BCUT2D eigenvalue weighted by atomic mass is 9.75. The second-order valence-electron chi connectivity index (χ2n) is 6.51. The van der Waals surface area contributed by atoms with E-state index in [0.29, 0.717) is 0 Å². The summed E-state index contributed by atoms with van der Waals surface area (Å²) < 4.78 is 10.8. The molecule has 0 spiro atoms. The number of ether oxygens (including phenoxy) is 2. The third kappa shape index (κ3) is 3.78. The summed E-state index contributed by atoms with van der Waals surface area (Å²) in [5.74, 6) is -3.70. The van der Waals surface area contributed by atoms with Gasteiger partial charge >= 0.3 is 5.97 Å². The van der Waals surface area contributed by atoms with Gasteiger partial charge in [0.05, 0.1) is 11.8 Å². The first-order chi connectivity index (χ1) is 13.0. The second kappa shape index (κ2) is 8.24. The van der Waals surface area contributed by atoms with Crippen LogP contribution in [0.1, 0.15) is 5.56 Å². The Bertz CT molecular complexity index is 713. The van der Waals surface area contributed by atoms with Gasteiger partial charge < -0.3 is 25.2 Å². The van der Waals surface area contributed by atoms with Crippen molar-refractivity contribution in [2.45, 2.75) is 31.0 Å². The third-order valence-corrected chi connectivity index (χ3v) is 5.16. The molecule has 9 heteroatoms. The summed E-state index contributed by atoms with van der Waals surface area (Å²) in [4.78, 5) is 36.7. The van der Waals surface area contributed by atoms with Gasteiger partial charge in [-0.15, -0.1) is 11.6 Å². The molecule has 2 fully saturated rings. The smallest absolute Gasteiger partial charge is 0.321 e. The van der Waals surface area contributed by atoms with Crippen LogP contribution in [0.4, 0.5) is 0 Å². The summed E-state index contributed by atoms with van der Waals surface area (Å²) in [7, 11) is 1.45. The maximum atomic E-state index is 12.8. The normalized spacial score (nSPS) is 31.4. The molecule has 1 aromatic rings. The molecule has 2 amide bonds. The minimum Gasteiger partial charge on any atom is -0.456 e. The molecule has 0 aliphatic carbocycles. The van der Waals surface area contributed by atoms with Crippen LogP contribution in [0.25, 0.3) is 0 Å². The minimum atomic E-state index is -1.21. The largest absolute Gasteiger partial charge is 0.456 e. The van der Waals surface area contributed by atoms with Crippen molar-refractivity contribution in [3.8, 4) is 0 Å². The topological polar surface area (TPSA) is 114 Å². The maximum absolute atomic E-state index is 12.8. The number of esters is 1. The van der Waals surface area contributed by atoms with Crippen molar-refractivity contribution in [3.05, 3.63) is 35.9 Å². The number of hydrogen-bond donors (Lipinski definition) is 3. The zero-order chi connectivity index (χ0) is 19.6. The number of amides is 2. The molecule has 2 aliphatic rings. The van der Waals surface area contributed by atoms with E-state index in [1.54, 1.807) is 0 Å². The number of carbonyl (C=O) groups is 3. The van der Waals surface area contributed by atoms with E-state index in [1.165, 1.54) is 7.05 Å². The molecule has 27 heavy (non-hydrogen) atoms. The molecule has 8 nitrogen and oxygen atoms in total. The van der Waals surface area contributed by atoms with Gasteiger partial charge in [0.2, 0.25) is 11.8 Å². The van der Waals surface area contributed by atoms with Crippen LogP contribution in [0.3, 0.4) is 0 Å². The second-order valence-corrected chi connectivity index (χ2v) is 6.78. The summed E-state index contributed by atoms with van der Waals surface area (Å²) >= 11 is 5.46. The number of benzene rings is 1. The predicted molar refractivity (Wildman–Crippen MR) is 94.6 cm³/mol. The zero-order valence-corrected chi connectivity index (χ0v) is 15.4. The number of halogens is 1. The fourth-order valence-corrected chi connectivity index (χ4v) is 3.79. The van der Waals surface area contributed by atoms with Gasteiger partial charge in [0.1, 0.15) is 24.2 Å². The molecular weight excluding hydrogens is 376 g/mol. The number of carbonyl (C=O) groups excluding carboxylic acids is 3. The summed E-state index contributed by atoms with van der Waals surface area (Å²) in [6.45, 7) is 0.280. The summed E-state index contributed by atoms with van der Waals surface area (Å²) in [5.41, 5.74) is 0.900.